The van der Waals surface area contributed by atoms with E-state index >= 15 is 0 Å². The van der Waals surface area contributed by atoms with Gasteiger partial charge >= 0.3 is 5.97 Å². The summed E-state index contributed by atoms with van der Waals surface area (Å²) >= 11 is 0. The molecule has 0 radical (unpaired) electrons. The van der Waals surface area contributed by atoms with Gasteiger partial charge in [0.1, 0.15) is 5.56 Å². The monoisotopic (exact) mass is 424 g/mol. The SMILES string of the molecule is CCCCn1c2c(cc(C(=O)NC(C(=O)OC)c3ccccc3)c1=O)CCCCCC2. The van der Waals surface area contributed by atoms with E-state index in [9.17, 15) is 14.4 Å². The summed E-state index contributed by atoms with van der Waals surface area (Å²) in [5.41, 5.74) is 2.58. The van der Waals surface area contributed by atoms with Crippen molar-refractivity contribution in [1.29, 1.82) is 0 Å². The summed E-state index contributed by atoms with van der Waals surface area (Å²) in [5.74, 6) is -1.11. The Morgan fingerprint density at radius 1 is 1.10 bits per heavy atom. The molecule has 0 saturated heterocycles. The Kier molecular flexibility index (Phi) is 8.04. The lowest BCUT2D eigenvalue weighted by molar-refractivity contribution is -0.143. The maximum Gasteiger partial charge on any atom is 0.333 e. The molecule has 1 heterocycles. The Balaban J connectivity index is 2.00. The molecule has 166 valence electrons. The van der Waals surface area contributed by atoms with Crippen molar-refractivity contribution in [2.45, 2.75) is 70.9 Å². The number of fused-ring (bicyclic) bond motifs is 1. The minimum Gasteiger partial charge on any atom is -0.467 e. The predicted octanol–water partition coefficient (Wildman–Crippen LogP) is 3.95. The fourth-order valence-corrected chi connectivity index (χ4v) is 4.20. The normalized spacial score (nSPS) is 14.6. The molecule has 1 aliphatic rings. The van der Waals surface area contributed by atoms with Crippen molar-refractivity contribution in [2.75, 3.05) is 7.11 Å². The van der Waals surface area contributed by atoms with Crippen molar-refractivity contribution in [3.8, 4) is 0 Å². The molecule has 1 N–H and O–H groups in total. The summed E-state index contributed by atoms with van der Waals surface area (Å²) in [6, 6.07) is 9.70. The molecule has 6 heteroatoms. The highest BCUT2D eigenvalue weighted by Crippen LogP contribution is 2.21. The number of carbonyl (C=O) groups excluding carboxylic acids is 2. The summed E-state index contributed by atoms with van der Waals surface area (Å²) < 4.78 is 6.69. The number of pyridine rings is 1. The first-order chi connectivity index (χ1) is 15.1. The van der Waals surface area contributed by atoms with Crippen LogP contribution in [0.1, 0.15) is 78.7 Å². The van der Waals surface area contributed by atoms with E-state index in [1.54, 1.807) is 34.9 Å². The van der Waals surface area contributed by atoms with E-state index in [0.29, 0.717) is 12.1 Å². The number of rotatable bonds is 7. The van der Waals surface area contributed by atoms with E-state index in [0.717, 1.165) is 56.2 Å². The lowest BCUT2D eigenvalue weighted by Crippen LogP contribution is -2.39. The highest BCUT2D eigenvalue weighted by molar-refractivity contribution is 5.97. The molecule has 0 saturated carbocycles. The Morgan fingerprint density at radius 2 is 1.81 bits per heavy atom. The molecule has 3 rings (SSSR count). The van der Waals surface area contributed by atoms with Gasteiger partial charge < -0.3 is 14.6 Å². The lowest BCUT2D eigenvalue weighted by atomic mass is 9.95. The quantitative estimate of drug-likeness (QED) is 0.683. The number of methoxy groups -OCH3 is 1. The van der Waals surface area contributed by atoms with Crippen LogP contribution in [0.5, 0.6) is 0 Å². The molecule has 2 aromatic rings. The first-order valence-electron chi connectivity index (χ1n) is 11.3. The summed E-state index contributed by atoms with van der Waals surface area (Å²) in [4.78, 5) is 38.9. The highest BCUT2D eigenvalue weighted by atomic mass is 16.5. The molecule has 0 bridgehead atoms. The number of aromatic nitrogens is 1. The van der Waals surface area contributed by atoms with Gasteiger partial charge in [0, 0.05) is 12.2 Å². The number of esters is 1. The number of hydrogen-bond donors (Lipinski definition) is 1. The molecular formula is C25H32N2O4. The van der Waals surface area contributed by atoms with Crippen molar-refractivity contribution in [2.24, 2.45) is 0 Å². The Morgan fingerprint density at radius 3 is 2.48 bits per heavy atom. The van der Waals surface area contributed by atoms with Crippen LogP contribution in [0, 0.1) is 0 Å². The topological polar surface area (TPSA) is 77.4 Å². The average Bonchev–Trinajstić information content (AvgIpc) is 2.77. The van der Waals surface area contributed by atoms with E-state index in [1.165, 1.54) is 13.5 Å². The maximum absolute atomic E-state index is 13.3. The fraction of sp³-hybridized carbons (Fsp3) is 0.480. The molecule has 31 heavy (non-hydrogen) atoms. The number of benzene rings is 1. The number of hydrogen-bond acceptors (Lipinski definition) is 4. The van der Waals surface area contributed by atoms with Gasteiger partial charge in [0.25, 0.3) is 11.5 Å². The second-order valence-electron chi connectivity index (χ2n) is 8.09. The van der Waals surface area contributed by atoms with E-state index in [2.05, 4.69) is 12.2 Å². The van der Waals surface area contributed by atoms with E-state index in [4.69, 9.17) is 4.74 Å². The molecule has 1 unspecified atom stereocenters. The number of aryl methyl sites for hydroxylation is 1. The minimum absolute atomic E-state index is 0.0975. The van der Waals surface area contributed by atoms with Crippen LogP contribution in [0.25, 0.3) is 0 Å². The second-order valence-corrected chi connectivity index (χ2v) is 8.09. The van der Waals surface area contributed by atoms with Crippen LogP contribution >= 0.6 is 0 Å². The van der Waals surface area contributed by atoms with Crippen molar-refractivity contribution < 1.29 is 14.3 Å². The largest absolute Gasteiger partial charge is 0.467 e. The fourth-order valence-electron chi connectivity index (χ4n) is 4.20. The van der Waals surface area contributed by atoms with Crippen LogP contribution in [0.3, 0.4) is 0 Å². The Hall–Kier alpha value is -2.89. The van der Waals surface area contributed by atoms with E-state index < -0.39 is 17.9 Å². The molecule has 1 amide bonds. The highest BCUT2D eigenvalue weighted by Gasteiger charge is 2.27. The molecule has 1 aliphatic carbocycles. The van der Waals surface area contributed by atoms with Crippen molar-refractivity contribution in [1.82, 2.24) is 9.88 Å². The van der Waals surface area contributed by atoms with Gasteiger partial charge in [-0.05, 0) is 49.3 Å². The third-order valence-electron chi connectivity index (χ3n) is 5.93. The standard InChI is InChI=1S/C25H32N2O4/c1-3-4-16-27-21-15-11-6-5-8-14-19(21)17-20(24(27)29)23(28)26-22(25(30)31-2)18-12-9-7-10-13-18/h7,9-10,12-13,17,22H,3-6,8,11,14-16H2,1-2H3,(H,26,28). The number of nitrogens with zero attached hydrogens (tertiary/aromatic N) is 1. The number of nitrogens with one attached hydrogen (secondary N) is 1. The molecule has 1 atom stereocenters. The van der Waals surface area contributed by atoms with Gasteiger partial charge in [-0.15, -0.1) is 0 Å². The van der Waals surface area contributed by atoms with Gasteiger partial charge in [-0.3, -0.25) is 9.59 Å². The second kappa shape index (κ2) is 10.9. The van der Waals surface area contributed by atoms with E-state index in [-0.39, 0.29) is 11.1 Å². The van der Waals surface area contributed by atoms with Crippen LogP contribution in [-0.4, -0.2) is 23.6 Å². The van der Waals surface area contributed by atoms with Gasteiger partial charge in [-0.1, -0.05) is 56.5 Å². The minimum atomic E-state index is -0.968. The molecule has 1 aromatic carbocycles. The lowest BCUT2D eigenvalue weighted by Gasteiger charge is -2.22. The van der Waals surface area contributed by atoms with Gasteiger partial charge in [0.05, 0.1) is 7.11 Å². The Bertz CT molecular complexity index is 965. The maximum atomic E-state index is 13.3. The summed E-state index contributed by atoms with van der Waals surface area (Å²) in [6.45, 7) is 2.70. The Labute approximate surface area is 183 Å². The van der Waals surface area contributed by atoms with Crippen molar-refractivity contribution >= 4 is 11.9 Å². The van der Waals surface area contributed by atoms with Crippen LogP contribution in [0.4, 0.5) is 0 Å². The van der Waals surface area contributed by atoms with Crippen LogP contribution in [0.15, 0.2) is 41.2 Å². The van der Waals surface area contributed by atoms with Gasteiger partial charge in [-0.2, -0.15) is 0 Å². The third-order valence-corrected chi connectivity index (χ3v) is 5.93. The van der Waals surface area contributed by atoms with Crippen molar-refractivity contribution in [3.05, 3.63) is 69.1 Å². The molecular weight excluding hydrogens is 392 g/mol. The molecule has 6 nitrogen and oxygen atoms in total. The first kappa shape index (κ1) is 22.8. The number of unbranched alkanes of at least 4 members (excludes halogenated alkanes) is 1. The third kappa shape index (κ3) is 5.43. The molecule has 0 fully saturated rings. The number of ether oxygens (including phenoxy) is 1. The molecule has 0 spiro atoms. The van der Waals surface area contributed by atoms with Crippen LogP contribution in [0.2, 0.25) is 0 Å². The first-order valence-corrected chi connectivity index (χ1v) is 11.3. The van der Waals surface area contributed by atoms with Crippen LogP contribution < -0.4 is 10.9 Å². The zero-order valence-electron chi connectivity index (χ0n) is 18.5. The molecule has 0 aliphatic heterocycles. The molecule has 1 aromatic heterocycles. The zero-order valence-corrected chi connectivity index (χ0v) is 18.5. The summed E-state index contributed by atoms with van der Waals surface area (Å²) in [5, 5.41) is 2.73. The van der Waals surface area contributed by atoms with Gasteiger partial charge in [0.15, 0.2) is 6.04 Å². The van der Waals surface area contributed by atoms with E-state index in [1.807, 2.05) is 6.07 Å². The number of carbonyl (C=O) groups is 2. The van der Waals surface area contributed by atoms with Crippen molar-refractivity contribution in [3.63, 3.8) is 0 Å². The average molecular weight is 425 g/mol. The van der Waals surface area contributed by atoms with Crippen LogP contribution in [-0.2, 0) is 28.9 Å². The van der Waals surface area contributed by atoms with Gasteiger partial charge in [0.2, 0.25) is 0 Å². The van der Waals surface area contributed by atoms with Gasteiger partial charge in [-0.25, -0.2) is 4.79 Å². The predicted molar refractivity (Wildman–Crippen MR) is 120 cm³/mol. The smallest absolute Gasteiger partial charge is 0.333 e. The zero-order chi connectivity index (χ0) is 22.2. The summed E-state index contributed by atoms with van der Waals surface area (Å²) in [7, 11) is 1.29. The number of amides is 1. The summed E-state index contributed by atoms with van der Waals surface area (Å²) in [6.07, 6.45) is 8.01.